The summed E-state index contributed by atoms with van der Waals surface area (Å²) in [7, 11) is 0. The Labute approximate surface area is 212 Å². The maximum absolute atomic E-state index is 13.3. The van der Waals surface area contributed by atoms with E-state index in [1.807, 2.05) is 30.5 Å². The van der Waals surface area contributed by atoms with Crippen LogP contribution in [-0.2, 0) is 14.3 Å². The van der Waals surface area contributed by atoms with Crippen LogP contribution >= 0.6 is 23.8 Å². The first-order valence-corrected chi connectivity index (χ1v) is 11.6. The zero-order valence-electron chi connectivity index (χ0n) is 19.3. The van der Waals surface area contributed by atoms with Gasteiger partial charge in [-0.05, 0) is 93.2 Å². The lowest BCUT2D eigenvalue weighted by atomic mass is 10.1. The molecule has 1 N–H and O–H groups in total. The third-order valence-electron chi connectivity index (χ3n) is 5.57. The monoisotopic (exact) mass is 507 g/mol. The number of aromatic nitrogens is 1. The van der Waals surface area contributed by atoms with Crippen molar-refractivity contribution in [1.82, 2.24) is 9.88 Å². The summed E-state index contributed by atoms with van der Waals surface area (Å²) >= 11 is 11.2. The van der Waals surface area contributed by atoms with Gasteiger partial charge in [0.1, 0.15) is 5.57 Å². The van der Waals surface area contributed by atoms with E-state index in [2.05, 4.69) is 5.32 Å². The maximum atomic E-state index is 13.3. The molecule has 4 rings (SSSR count). The van der Waals surface area contributed by atoms with Crippen LogP contribution in [0.1, 0.15) is 34.2 Å². The molecule has 1 aliphatic rings. The summed E-state index contributed by atoms with van der Waals surface area (Å²) in [6, 6.07) is 15.6. The van der Waals surface area contributed by atoms with Crippen molar-refractivity contribution in [2.75, 3.05) is 11.5 Å². The van der Waals surface area contributed by atoms with Crippen LogP contribution in [0.15, 0.2) is 60.2 Å². The number of carbonyl (C=O) groups excluding carboxylic acids is 3. The third-order valence-corrected chi connectivity index (χ3v) is 6.11. The van der Waals surface area contributed by atoms with Crippen LogP contribution < -0.4 is 10.2 Å². The molecule has 0 radical (unpaired) electrons. The van der Waals surface area contributed by atoms with E-state index in [0.29, 0.717) is 21.8 Å². The molecular weight excluding hydrogens is 486 g/mol. The Morgan fingerprint density at radius 3 is 2.49 bits per heavy atom. The van der Waals surface area contributed by atoms with Gasteiger partial charge in [0.05, 0.1) is 17.9 Å². The highest BCUT2D eigenvalue weighted by Gasteiger charge is 2.34. The Balaban J connectivity index is 1.73. The van der Waals surface area contributed by atoms with Gasteiger partial charge in [-0.15, -0.1) is 0 Å². The number of esters is 1. The number of anilines is 1. The van der Waals surface area contributed by atoms with Gasteiger partial charge in [-0.3, -0.25) is 19.8 Å². The van der Waals surface area contributed by atoms with Crippen molar-refractivity contribution in [3.63, 3.8) is 0 Å². The van der Waals surface area contributed by atoms with Crippen LogP contribution in [-0.4, -0.2) is 34.1 Å². The molecule has 1 fully saturated rings. The molecule has 0 aliphatic carbocycles. The van der Waals surface area contributed by atoms with Crippen LogP contribution in [0.5, 0.6) is 0 Å². The zero-order chi connectivity index (χ0) is 25.3. The van der Waals surface area contributed by atoms with Gasteiger partial charge in [-0.1, -0.05) is 17.7 Å². The van der Waals surface area contributed by atoms with E-state index >= 15 is 0 Å². The average Bonchev–Trinajstić information content (AvgIpc) is 3.10. The van der Waals surface area contributed by atoms with Crippen molar-refractivity contribution >= 4 is 58.5 Å². The number of hydrogen-bond acceptors (Lipinski definition) is 5. The predicted octanol–water partition coefficient (Wildman–Crippen LogP) is 4.76. The summed E-state index contributed by atoms with van der Waals surface area (Å²) in [5.41, 5.74) is 3.99. The number of aryl methyl sites for hydroxylation is 1. The summed E-state index contributed by atoms with van der Waals surface area (Å²) < 4.78 is 7.05. The van der Waals surface area contributed by atoms with Gasteiger partial charge in [0.15, 0.2) is 5.11 Å². The first-order valence-electron chi connectivity index (χ1n) is 10.8. The third kappa shape index (κ3) is 4.76. The van der Waals surface area contributed by atoms with Crippen LogP contribution in [0.4, 0.5) is 5.69 Å². The first-order chi connectivity index (χ1) is 16.7. The van der Waals surface area contributed by atoms with Gasteiger partial charge >= 0.3 is 5.97 Å². The van der Waals surface area contributed by atoms with Crippen molar-refractivity contribution in [2.24, 2.45) is 0 Å². The zero-order valence-corrected chi connectivity index (χ0v) is 20.9. The van der Waals surface area contributed by atoms with Gasteiger partial charge < -0.3 is 9.30 Å². The molecule has 0 saturated carbocycles. The molecule has 0 atom stereocenters. The summed E-state index contributed by atoms with van der Waals surface area (Å²) in [6.07, 6.45) is 1.55. The van der Waals surface area contributed by atoms with Crippen molar-refractivity contribution in [3.8, 4) is 5.69 Å². The molecule has 1 saturated heterocycles. The molecule has 3 aromatic rings. The van der Waals surface area contributed by atoms with Crippen molar-refractivity contribution < 1.29 is 19.1 Å². The largest absolute Gasteiger partial charge is 0.462 e. The standard InChI is InChI=1S/C26H22ClN3O4S/c1-4-34-25(33)17-6-5-7-21(13-17)29-15(2)12-18(16(29)3)14-22-23(31)28-26(35)30(24(22)32)20-10-8-19(27)9-11-20/h5-14H,4H2,1-3H3,(H,28,31,35)/b22-14+. The summed E-state index contributed by atoms with van der Waals surface area (Å²) in [6.45, 7) is 5.83. The quantitative estimate of drug-likeness (QED) is 0.233. The van der Waals surface area contributed by atoms with E-state index in [-0.39, 0.29) is 17.3 Å². The minimum absolute atomic E-state index is 0.000672. The number of rotatable bonds is 5. The van der Waals surface area contributed by atoms with Gasteiger partial charge in [-0.25, -0.2) is 4.79 Å². The fraction of sp³-hybridized carbons (Fsp3) is 0.154. The molecule has 9 heteroatoms. The topological polar surface area (TPSA) is 80.6 Å². The second-order valence-electron chi connectivity index (χ2n) is 7.87. The van der Waals surface area contributed by atoms with E-state index in [1.165, 1.54) is 4.90 Å². The van der Waals surface area contributed by atoms with Crippen molar-refractivity contribution in [2.45, 2.75) is 20.8 Å². The Morgan fingerprint density at radius 2 is 1.80 bits per heavy atom. The normalized spacial score (nSPS) is 14.9. The highest BCUT2D eigenvalue weighted by atomic mass is 35.5. The second kappa shape index (κ2) is 9.85. The molecule has 2 aromatic carbocycles. The lowest BCUT2D eigenvalue weighted by Crippen LogP contribution is -2.54. The molecule has 35 heavy (non-hydrogen) atoms. The molecule has 2 heterocycles. The molecular formula is C26H22ClN3O4S. The Kier molecular flexibility index (Phi) is 6.86. The Hall–Kier alpha value is -3.75. The number of nitrogens with zero attached hydrogens (tertiary/aromatic N) is 2. The fourth-order valence-corrected chi connectivity index (χ4v) is 4.36. The molecule has 1 aromatic heterocycles. The summed E-state index contributed by atoms with van der Waals surface area (Å²) in [4.78, 5) is 39.5. The lowest BCUT2D eigenvalue weighted by Gasteiger charge is -2.28. The van der Waals surface area contributed by atoms with E-state index in [1.54, 1.807) is 55.5 Å². The number of carbonyl (C=O) groups is 3. The van der Waals surface area contributed by atoms with Crippen LogP contribution in [0.25, 0.3) is 11.8 Å². The molecule has 0 spiro atoms. The number of amides is 2. The lowest BCUT2D eigenvalue weighted by molar-refractivity contribution is -0.122. The molecule has 2 amide bonds. The predicted molar refractivity (Wildman–Crippen MR) is 139 cm³/mol. The van der Waals surface area contributed by atoms with E-state index in [4.69, 9.17) is 28.6 Å². The number of nitrogens with one attached hydrogen (secondary N) is 1. The fourth-order valence-electron chi connectivity index (χ4n) is 3.96. The molecule has 7 nitrogen and oxygen atoms in total. The molecule has 178 valence electrons. The van der Waals surface area contributed by atoms with Crippen molar-refractivity contribution in [3.05, 3.63) is 87.7 Å². The highest BCUT2D eigenvalue weighted by molar-refractivity contribution is 7.80. The summed E-state index contributed by atoms with van der Waals surface area (Å²) in [5.74, 6) is -1.50. The smallest absolute Gasteiger partial charge is 0.338 e. The van der Waals surface area contributed by atoms with Crippen molar-refractivity contribution in [1.29, 1.82) is 0 Å². The van der Waals surface area contributed by atoms with E-state index < -0.39 is 17.8 Å². The Bertz CT molecular complexity index is 1390. The average molecular weight is 508 g/mol. The minimum Gasteiger partial charge on any atom is -0.462 e. The van der Waals surface area contributed by atoms with Crippen LogP contribution in [0, 0.1) is 13.8 Å². The number of thiocarbonyl (C=S) groups is 1. The molecule has 1 aliphatic heterocycles. The molecule has 0 bridgehead atoms. The van der Waals surface area contributed by atoms with Crippen LogP contribution in [0.2, 0.25) is 5.02 Å². The second-order valence-corrected chi connectivity index (χ2v) is 8.69. The number of benzene rings is 2. The van der Waals surface area contributed by atoms with Gasteiger partial charge in [0.25, 0.3) is 11.8 Å². The first kappa shape index (κ1) is 24.4. The Morgan fingerprint density at radius 1 is 1.09 bits per heavy atom. The van der Waals surface area contributed by atoms with Crippen LogP contribution in [0.3, 0.4) is 0 Å². The SMILES string of the molecule is CCOC(=O)c1cccc(-n2c(C)cc(/C=C3\C(=O)NC(=S)N(c4ccc(Cl)cc4)C3=O)c2C)c1. The highest BCUT2D eigenvalue weighted by Crippen LogP contribution is 2.27. The summed E-state index contributed by atoms with van der Waals surface area (Å²) in [5, 5.41) is 3.10. The number of halogens is 1. The van der Waals surface area contributed by atoms with E-state index in [9.17, 15) is 14.4 Å². The number of ether oxygens (including phenoxy) is 1. The van der Waals surface area contributed by atoms with E-state index in [0.717, 1.165) is 17.1 Å². The number of hydrogen-bond donors (Lipinski definition) is 1. The van der Waals surface area contributed by atoms with Gasteiger partial charge in [-0.2, -0.15) is 0 Å². The minimum atomic E-state index is -0.570. The van der Waals surface area contributed by atoms with Gasteiger partial charge in [0, 0.05) is 22.1 Å². The van der Waals surface area contributed by atoms with Gasteiger partial charge in [0.2, 0.25) is 0 Å². The maximum Gasteiger partial charge on any atom is 0.338 e. The molecule has 0 unspecified atom stereocenters.